The highest BCUT2D eigenvalue weighted by Gasteiger charge is 2.36. The number of hydrogen-bond acceptors (Lipinski definition) is 4. The van der Waals surface area contributed by atoms with Crippen LogP contribution in [0.3, 0.4) is 0 Å². The molecule has 0 radical (unpaired) electrons. The minimum absolute atomic E-state index is 0.0406. The molecule has 0 heterocycles. The van der Waals surface area contributed by atoms with E-state index in [9.17, 15) is 17.8 Å². The summed E-state index contributed by atoms with van der Waals surface area (Å²) in [5.74, 6) is -0.176. The lowest BCUT2D eigenvalue weighted by Gasteiger charge is -2.33. The number of alkyl carbamates (subject to hydrolysis) is 1. The van der Waals surface area contributed by atoms with Crippen molar-refractivity contribution in [2.24, 2.45) is 5.92 Å². The topological polar surface area (TPSA) is 92.7 Å². The first-order chi connectivity index (χ1) is 12.0. The van der Waals surface area contributed by atoms with E-state index in [1.165, 1.54) is 0 Å². The third kappa shape index (κ3) is 5.99. The summed E-state index contributed by atoms with van der Waals surface area (Å²) in [5.41, 5.74) is 1.10. The first-order valence-electron chi connectivity index (χ1n) is 8.98. The van der Waals surface area contributed by atoms with Crippen molar-refractivity contribution >= 4 is 16.2 Å². The SMILES string of the molecule is Cc1ccc(C(C2CCC(NC(=O)OC(C)(C)C)CC2)S(=O)(=O)O)cc1. The van der Waals surface area contributed by atoms with Crippen LogP contribution in [-0.4, -0.2) is 30.7 Å². The third-order valence-corrected chi connectivity index (χ3v) is 5.95. The number of amides is 1. The molecule has 1 amide bonds. The predicted octanol–water partition coefficient (Wildman–Crippen LogP) is 4.01. The first-order valence-corrected chi connectivity index (χ1v) is 10.5. The Bertz CT molecular complexity index is 713. The van der Waals surface area contributed by atoms with Gasteiger partial charge in [0.05, 0.1) is 0 Å². The van der Waals surface area contributed by atoms with Crippen molar-refractivity contribution in [3.63, 3.8) is 0 Å². The smallest absolute Gasteiger partial charge is 0.407 e. The zero-order valence-corrected chi connectivity index (χ0v) is 16.7. The van der Waals surface area contributed by atoms with E-state index >= 15 is 0 Å². The molecule has 0 saturated heterocycles. The maximum atomic E-state index is 12.0. The standard InChI is InChI=1S/C19H29NO5S/c1-13-5-7-14(8-6-13)17(26(22,23)24)15-9-11-16(12-10-15)20-18(21)25-19(2,3)4/h5-8,15-17H,9-12H2,1-4H3,(H,20,21)(H,22,23,24). The summed E-state index contributed by atoms with van der Waals surface area (Å²) in [6.45, 7) is 7.35. The molecule has 146 valence electrons. The lowest BCUT2D eigenvalue weighted by atomic mass is 9.82. The highest BCUT2D eigenvalue weighted by atomic mass is 32.2. The second kappa shape index (κ2) is 7.96. The van der Waals surface area contributed by atoms with Gasteiger partial charge < -0.3 is 10.1 Å². The van der Waals surface area contributed by atoms with Gasteiger partial charge in [0.15, 0.2) is 0 Å². The van der Waals surface area contributed by atoms with Crippen molar-refractivity contribution in [3.05, 3.63) is 35.4 Å². The second-order valence-corrected chi connectivity index (χ2v) is 9.64. The summed E-state index contributed by atoms with van der Waals surface area (Å²) in [6, 6.07) is 7.19. The Morgan fingerprint density at radius 1 is 1.15 bits per heavy atom. The van der Waals surface area contributed by atoms with Crippen LogP contribution >= 0.6 is 0 Å². The summed E-state index contributed by atoms with van der Waals surface area (Å²) in [7, 11) is -4.21. The molecular weight excluding hydrogens is 354 g/mol. The monoisotopic (exact) mass is 383 g/mol. The summed E-state index contributed by atoms with van der Waals surface area (Å²) in [4.78, 5) is 11.9. The molecule has 1 aliphatic rings. The van der Waals surface area contributed by atoms with Gasteiger partial charge in [0.1, 0.15) is 10.9 Å². The fourth-order valence-corrected chi connectivity index (χ4v) is 4.74. The van der Waals surface area contributed by atoms with E-state index in [2.05, 4.69) is 5.32 Å². The highest BCUT2D eigenvalue weighted by molar-refractivity contribution is 7.86. The molecule has 1 aromatic rings. The number of rotatable bonds is 4. The lowest BCUT2D eigenvalue weighted by molar-refractivity contribution is 0.0486. The van der Waals surface area contributed by atoms with Gasteiger partial charge in [0.25, 0.3) is 10.1 Å². The molecule has 1 saturated carbocycles. The van der Waals surface area contributed by atoms with Gasteiger partial charge in [-0.1, -0.05) is 29.8 Å². The number of carbonyl (C=O) groups is 1. The van der Waals surface area contributed by atoms with Gasteiger partial charge in [-0.2, -0.15) is 8.42 Å². The fourth-order valence-electron chi connectivity index (χ4n) is 3.48. The Morgan fingerprint density at radius 3 is 2.15 bits per heavy atom. The highest BCUT2D eigenvalue weighted by Crippen LogP contribution is 2.39. The van der Waals surface area contributed by atoms with Gasteiger partial charge in [-0.15, -0.1) is 0 Å². The minimum atomic E-state index is -4.21. The van der Waals surface area contributed by atoms with E-state index in [1.54, 1.807) is 12.1 Å². The van der Waals surface area contributed by atoms with Crippen molar-refractivity contribution < 1.29 is 22.5 Å². The fraction of sp³-hybridized carbons (Fsp3) is 0.632. The third-order valence-electron chi connectivity index (χ3n) is 4.65. The maximum Gasteiger partial charge on any atom is 0.407 e. The zero-order valence-electron chi connectivity index (χ0n) is 15.9. The number of benzene rings is 1. The largest absolute Gasteiger partial charge is 0.444 e. The van der Waals surface area contributed by atoms with Crippen molar-refractivity contribution in [3.8, 4) is 0 Å². The van der Waals surface area contributed by atoms with E-state index in [0.29, 0.717) is 31.2 Å². The molecule has 1 aromatic carbocycles. The summed E-state index contributed by atoms with van der Waals surface area (Å²) in [6.07, 6.45) is 2.08. The van der Waals surface area contributed by atoms with E-state index in [1.807, 2.05) is 39.8 Å². The number of nitrogens with one attached hydrogen (secondary N) is 1. The van der Waals surface area contributed by atoms with Gasteiger partial charge in [-0.25, -0.2) is 4.79 Å². The molecular formula is C19H29NO5S. The van der Waals surface area contributed by atoms with Crippen LogP contribution in [0, 0.1) is 12.8 Å². The average Bonchev–Trinajstić information content (AvgIpc) is 2.48. The molecule has 1 atom stereocenters. The van der Waals surface area contributed by atoms with Crippen molar-refractivity contribution in [1.82, 2.24) is 5.32 Å². The molecule has 2 rings (SSSR count). The van der Waals surface area contributed by atoms with Crippen LogP contribution in [0.2, 0.25) is 0 Å². The summed E-state index contributed by atoms with van der Waals surface area (Å²) >= 11 is 0. The number of hydrogen-bond donors (Lipinski definition) is 2. The Morgan fingerprint density at radius 2 is 1.69 bits per heavy atom. The summed E-state index contributed by atoms with van der Waals surface area (Å²) < 4.78 is 39.0. The molecule has 0 aromatic heterocycles. The quantitative estimate of drug-likeness (QED) is 0.767. The molecule has 7 heteroatoms. The predicted molar refractivity (Wildman–Crippen MR) is 101 cm³/mol. The van der Waals surface area contributed by atoms with E-state index < -0.39 is 27.1 Å². The number of carbonyl (C=O) groups excluding carboxylic acids is 1. The second-order valence-electron chi connectivity index (χ2n) is 8.10. The molecule has 2 N–H and O–H groups in total. The van der Waals surface area contributed by atoms with E-state index in [0.717, 1.165) is 5.56 Å². The van der Waals surface area contributed by atoms with Crippen LogP contribution in [0.15, 0.2) is 24.3 Å². The van der Waals surface area contributed by atoms with Gasteiger partial charge in [0, 0.05) is 6.04 Å². The van der Waals surface area contributed by atoms with Gasteiger partial charge in [0.2, 0.25) is 0 Å². The van der Waals surface area contributed by atoms with E-state index in [-0.39, 0.29) is 12.0 Å². The molecule has 1 unspecified atom stereocenters. The molecule has 1 fully saturated rings. The molecule has 0 aliphatic heterocycles. The normalized spacial score (nSPS) is 22.5. The van der Waals surface area contributed by atoms with Crippen LogP contribution in [0.25, 0.3) is 0 Å². The maximum absolute atomic E-state index is 12.0. The molecule has 0 bridgehead atoms. The van der Waals surface area contributed by atoms with Gasteiger partial charge >= 0.3 is 6.09 Å². The van der Waals surface area contributed by atoms with Crippen LogP contribution in [0.4, 0.5) is 4.79 Å². The van der Waals surface area contributed by atoms with Crippen molar-refractivity contribution in [2.75, 3.05) is 0 Å². The number of ether oxygens (including phenoxy) is 1. The summed E-state index contributed by atoms with van der Waals surface area (Å²) in [5, 5.41) is 1.92. The average molecular weight is 384 g/mol. The van der Waals surface area contributed by atoms with Crippen molar-refractivity contribution in [2.45, 2.75) is 70.3 Å². The van der Waals surface area contributed by atoms with E-state index in [4.69, 9.17) is 4.74 Å². The number of aryl methyl sites for hydroxylation is 1. The molecule has 6 nitrogen and oxygen atoms in total. The Kier molecular flexibility index (Phi) is 6.34. The molecule has 26 heavy (non-hydrogen) atoms. The molecule has 1 aliphatic carbocycles. The Hall–Kier alpha value is -1.60. The Labute approximate surface area is 156 Å². The van der Waals surface area contributed by atoms with Crippen LogP contribution in [0.1, 0.15) is 62.8 Å². The van der Waals surface area contributed by atoms with Crippen LogP contribution < -0.4 is 5.32 Å². The first kappa shape index (κ1) is 20.7. The van der Waals surface area contributed by atoms with Gasteiger partial charge in [-0.3, -0.25) is 4.55 Å². The van der Waals surface area contributed by atoms with Crippen LogP contribution in [0.5, 0.6) is 0 Å². The molecule has 0 spiro atoms. The zero-order chi connectivity index (χ0) is 19.5. The van der Waals surface area contributed by atoms with Crippen molar-refractivity contribution in [1.29, 1.82) is 0 Å². The Balaban J connectivity index is 2.02. The van der Waals surface area contributed by atoms with Crippen LogP contribution in [-0.2, 0) is 14.9 Å². The minimum Gasteiger partial charge on any atom is -0.444 e. The van der Waals surface area contributed by atoms with Gasteiger partial charge in [-0.05, 0) is 64.9 Å². The lowest BCUT2D eigenvalue weighted by Crippen LogP contribution is -2.41.